The Kier molecular flexibility index (Phi) is 4.62. The van der Waals surface area contributed by atoms with Gasteiger partial charge in [0.25, 0.3) is 5.91 Å². The number of hydrogen-bond donors (Lipinski definition) is 1. The Bertz CT molecular complexity index is 955. The van der Waals surface area contributed by atoms with Gasteiger partial charge in [-0.15, -0.1) is 0 Å². The Morgan fingerprint density at radius 3 is 2.89 bits per heavy atom. The van der Waals surface area contributed by atoms with E-state index in [9.17, 15) is 9.18 Å². The topological polar surface area (TPSA) is 52.2 Å². The summed E-state index contributed by atoms with van der Waals surface area (Å²) in [6, 6.07) is 12.1. The molecule has 5 nitrogen and oxygen atoms in total. The zero-order valence-corrected chi connectivity index (χ0v) is 15.2. The van der Waals surface area contributed by atoms with Crippen LogP contribution in [0.2, 0.25) is 0 Å². The van der Waals surface area contributed by atoms with E-state index in [1.165, 1.54) is 17.7 Å². The third kappa shape index (κ3) is 3.30. The van der Waals surface area contributed by atoms with Crippen LogP contribution in [0.3, 0.4) is 0 Å². The number of anilines is 2. The van der Waals surface area contributed by atoms with Crippen LogP contribution in [-0.2, 0) is 13.0 Å². The Morgan fingerprint density at radius 1 is 1.30 bits per heavy atom. The van der Waals surface area contributed by atoms with Gasteiger partial charge in [0.15, 0.2) is 0 Å². The molecule has 0 saturated heterocycles. The molecule has 1 aliphatic rings. The lowest BCUT2D eigenvalue weighted by Crippen LogP contribution is -2.31. The zero-order valence-electron chi connectivity index (χ0n) is 15.2. The molecule has 0 saturated carbocycles. The van der Waals surface area contributed by atoms with Crippen LogP contribution in [0.1, 0.15) is 28.5 Å². The summed E-state index contributed by atoms with van der Waals surface area (Å²) in [5.41, 5.74) is 4.25. The highest BCUT2D eigenvalue weighted by atomic mass is 19.1. The zero-order chi connectivity index (χ0) is 18.8. The Hall–Kier alpha value is -3.15. The molecule has 0 unspecified atom stereocenters. The number of hydrogen-bond acceptors (Lipinski definition) is 3. The van der Waals surface area contributed by atoms with Gasteiger partial charge in [-0.05, 0) is 49.2 Å². The average Bonchev–Trinajstić information content (AvgIpc) is 3.33. The second-order valence-electron chi connectivity index (χ2n) is 6.57. The third-order valence-electron chi connectivity index (χ3n) is 4.94. The van der Waals surface area contributed by atoms with E-state index in [-0.39, 0.29) is 11.5 Å². The molecule has 138 valence electrons. The van der Waals surface area contributed by atoms with Crippen molar-refractivity contribution in [2.45, 2.75) is 19.9 Å². The van der Waals surface area contributed by atoms with Crippen molar-refractivity contribution < 1.29 is 9.18 Å². The fourth-order valence-electron chi connectivity index (χ4n) is 3.59. The molecule has 1 N–H and O–H groups in total. The molecule has 4 rings (SSSR count). The molecule has 2 aromatic carbocycles. The molecule has 3 aromatic rings. The minimum absolute atomic E-state index is 0.0972. The van der Waals surface area contributed by atoms with Crippen molar-refractivity contribution in [3.8, 4) is 0 Å². The highest BCUT2D eigenvalue weighted by Crippen LogP contribution is 2.33. The maximum absolute atomic E-state index is 14.0. The first-order valence-corrected chi connectivity index (χ1v) is 9.09. The first-order chi connectivity index (χ1) is 13.2. The van der Waals surface area contributed by atoms with Crippen molar-refractivity contribution in [1.29, 1.82) is 0 Å². The third-order valence-corrected chi connectivity index (χ3v) is 4.94. The second kappa shape index (κ2) is 7.23. The first-order valence-electron chi connectivity index (χ1n) is 9.09. The van der Waals surface area contributed by atoms with E-state index in [2.05, 4.69) is 14.9 Å². The van der Waals surface area contributed by atoms with E-state index in [4.69, 9.17) is 0 Å². The summed E-state index contributed by atoms with van der Waals surface area (Å²) in [7, 11) is 0. The number of aromatic amines is 1. The molecule has 0 fully saturated rings. The number of carbonyl (C=O) groups excluding carboxylic acids is 1. The fourth-order valence-corrected chi connectivity index (χ4v) is 3.59. The van der Waals surface area contributed by atoms with Gasteiger partial charge >= 0.3 is 0 Å². The van der Waals surface area contributed by atoms with Crippen molar-refractivity contribution in [2.24, 2.45) is 0 Å². The van der Waals surface area contributed by atoms with Gasteiger partial charge in [-0.25, -0.2) is 9.37 Å². The van der Waals surface area contributed by atoms with Gasteiger partial charge in [0.05, 0.1) is 24.1 Å². The van der Waals surface area contributed by atoms with Crippen LogP contribution in [0, 0.1) is 5.82 Å². The highest BCUT2D eigenvalue weighted by molar-refractivity contribution is 6.06. The molecule has 1 aromatic heterocycles. The Morgan fingerprint density at radius 2 is 2.15 bits per heavy atom. The van der Waals surface area contributed by atoms with Crippen molar-refractivity contribution in [3.63, 3.8) is 0 Å². The summed E-state index contributed by atoms with van der Waals surface area (Å²) in [6.45, 7) is 4.04. The smallest absolute Gasteiger partial charge is 0.261 e. The summed E-state index contributed by atoms with van der Waals surface area (Å²) in [5.74, 6) is -0.811. The van der Waals surface area contributed by atoms with E-state index in [1.54, 1.807) is 23.4 Å². The normalized spacial score (nSPS) is 12.9. The SMILES string of the molecule is CCN(C(=O)c1ccccc1F)c1ccc2c(c1)CCN2Cc1c[nH]cn1. The number of imidazole rings is 1. The predicted octanol–water partition coefficient (Wildman–Crippen LogP) is 3.78. The summed E-state index contributed by atoms with van der Waals surface area (Å²) in [4.78, 5) is 24.0. The van der Waals surface area contributed by atoms with Crippen molar-refractivity contribution in [1.82, 2.24) is 9.97 Å². The van der Waals surface area contributed by atoms with Crippen LogP contribution in [0.4, 0.5) is 15.8 Å². The van der Waals surface area contributed by atoms with Gasteiger partial charge in [-0.2, -0.15) is 0 Å². The average molecular weight is 364 g/mol. The van der Waals surface area contributed by atoms with Gasteiger partial charge in [0.2, 0.25) is 0 Å². The summed E-state index contributed by atoms with van der Waals surface area (Å²) in [6.07, 6.45) is 4.50. The number of rotatable bonds is 5. The van der Waals surface area contributed by atoms with Crippen LogP contribution < -0.4 is 9.80 Å². The van der Waals surface area contributed by atoms with E-state index < -0.39 is 5.82 Å². The monoisotopic (exact) mass is 364 g/mol. The van der Waals surface area contributed by atoms with E-state index in [1.807, 2.05) is 31.3 Å². The second-order valence-corrected chi connectivity index (χ2v) is 6.57. The van der Waals surface area contributed by atoms with Gasteiger partial charge in [0.1, 0.15) is 5.82 Å². The largest absolute Gasteiger partial charge is 0.365 e. The lowest BCUT2D eigenvalue weighted by Gasteiger charge is -2.23. The molecule has 0 aliphatic carbocycles. The molecule has 6 heteroatoms. The molecule has 1 aliphatic heterocycles. The maximum atomic E-state index is 14.0. The van der Waals surface area contributed by atoms with Gasteiger partial charge < -0.3 is 14.8 Å². The summed E-state index contributed by atoms with van der Waals surface area (Å²) < 4.78 is 14.0. The predicted molar refractivity (Wildman–Crippen MR) is 104 cm³/mol. The maximum Gasteiger partial charge on any atom is 0.261 e. The quantitative estimate of drug-likeness (QED) is 0.750. The number of carbonyl (C=O) groups is 1. The lowest BCUT2D eigenvalue weighted by atomic mass is 10.1. The molecular weight excluding hydrogens is 343 g/mol. The number of benzene rings is 2. The number of aromatic nitrogens is 2. The molecule has 1 amide bonds. The molecule has 2 heterocycles. The molecule has 0 spiro atoms. The van der Waals surface area contributed by atoms with Gasteiger partial charge in [0, 0.05) is 30.7 Å². The molecular formula is C21H21FN4O. The number of nitrogens with zero attached hydrogens (tertiary/aromatic N) is 3. The Balaban J connectivity index is 1.59. The summed E-state index contributed by atoms with van der Waals surface area (Å²) in [5, 5.41) is 0. The van der Waals surface area contributed by atoms with Crippen molar-refractivity contribution >= 4 is 17.3 Å². The number of nitrogens with one attached hydrogen (secondary N) is 1. The molecule has 0 bridgehead atoms. The number of H-pyrrole nitrogens is 1. The fraction of sp³-hybridized carbons (Fsp3) is 0.238. The van der Waals surface area contributed by atoms with E-state index in [0.717, 1.165) is 36.6 Å². The molecule has 0 radical (unpaired) electrons. The number of halogens is 1. The van der Waals surface area contributed by atoms with Crippen LogP contribution in [-0.4, -0.2) is 29.0 Å². The van der Waals surface area contributed by atoms with Gasteiger partial charge in [-0.1, -0.05) is 12.1 Å². The standard InChI is InChI=1S/C21H21FN4O/c1-2-26(21(27)18-5-3-4-6-19(18)22)17-7-8-20-15(11-17)9-10-25(20)13-16-12-23-14-24-16/h3-8,11-12,14H,2,9-10,13H2,1H3,(H,23,24). The van der Waals surface area contributed by atoms with E-state index in [0.29, 0.717) is 6.54 Å². The van der Waals surface area contributed by atoms with Crippen LogP contribution in [0.5, 0.6) is 0 Å². The van der Waals surface area contributed by atoms with E-state index >= 15 is 0 Å². The van der Waals surface area contributed by atoms with Crippen molar-refractivity contribution in [3.05, 3.63) is 77.6 Å². The first kappa shape index (κ1) is 17.3. The molecule has 0 atom stereocenters. The minimum atomic E-state index is -0.493. The van der Waals surface area contributed by atoms with Gasteiger partial charge in [-0.3, -0.25) is 4.79 Å². The van der Waals surface area contributed by atoms with Crippen molar-refractivity contribution in [2.75, 3.05) is 22.9 Å². The molecule has 27 heavy (non-hydrogen) atoms. The van der Waals surface area contributed by atoms with Crippen LogP contribution in [0.25, 0.3) is 0 Å². The van der Waals surface area contributed by atoms with Crippen LogP contribution in [0.15, 0.2) is 55.0 Å². The lowest BCUT2D eigenvalue weighted by molar-refractivity contribution is 0.0984. The summed E-state index contributed by atoms with van der Waals surface area (Å²) >= 11 is 0. The minimum Gasteiger partial charge on any atom is -0.365 e. The Labute approximate surface area is 157 Å². The van der Waals surface area contributed by atoms with Crippen LogP contribution >= 0.6 is 0 Å². The number of amides is 1. The highest BCUT2D eigenvalue weighted by Gasteiger charge is 2.24. The number of fused-ring (bicyclic) bond motifs is 1.